The van der Waals surface area contributed by atoms with Gasteiger partial charge in [-0.1, -0.05) is 27.7 Å². The molecule has 1 rings (SSSR count). The molecular weight excluding hydrogens is 231 g/mol. The molecule has 0 saturated carbocycles. The highest BCUT2D eigenvalue weighted by Crippen LogP contribution is 2.12. The van der Waals surface area contributed by atoms with E-state index in [1.807, 2.05) is 27.7 Å². The normalized spacial score (nSPS) is 11.1. The van der Waals surface area contributed by atoms with Gasteiger partial charge in [0.1, 0.15) is 0 Å². The minimum atomic E-state index is -0.556. The molecule has 0 fully saturated rings. The van der Waals surface area contributed by atoms with E-state index >= 15 is 0 Å². The maximum atomic E-state index is 13.6. The number of pyridine rings is 1. The highest BCUT2D eigenvalue weighted by molar-refractivity contribution is 5.94. The first kappa shape index (κ1) is 14.6. The van der Waals surface area contributed by atoms with Gasteiger partial charge in [-0.05, 0) is 17.9 Å². The fraction of sp³-hybridized carbons (Fsp3) is 0.571. The molecule has 0 bridgehead atoms. The second-order valence-electron chi connectivity index (χ2n) is 5.35. The Balaban J connectivity index is 2.91. The quantitative estimate of drug-likeness (QED) is 0.807. The van der Waals surface area contributed by atoms with Crippen LogP contribution in [0.3, 0.4) is 0 Å². The topological polar surface area (TPSA) is 33.2 Å². The van der Waals surface area contributed by atoms with Gasteiger partial charge in [0.05, 0.1) is 11.8 Å². The number of aromatic nitrogens is 1. The van der Waals surface area contributed by atoms with Crippen molar-refractivity contribution in [3.8, 4) is 0 Å². The van der Waals surface area contributed by atoms with Gasteiger partial charge in [0.2, 0.25) is 0 Å². The number of rotatable bonds is 5. The SMILES string of the molecule is CC(C)CN(CC(C)C)C(=O)c1ccncc1F. The number of halogens is 1. The van der Waals surface area contributed by atoms with Crippen molar-refractivity contribution in [3.63, 3.8) is 0 Å². The predicted molar refractivity (Wildman–Crippen MR) is 69.8 cm³/mol. The number of amides is 1. The second-order valence-corrected chi connectivity index (χ2v) is 5.35. The monoisotopic (exact) mass is 252 g/mol. The van der Waals surface area contributed by atoms with Crippen LogP contribution in [-0.4, -0.2) is 28.9 Å². The second kappa shape index (κ2) is 6.47. The summed E-state index contributed by atoms with van der Waals surface area (Å²) in [6.07, 6.45) is 2.52. The molecule has 4 heteroatoms. The van der Waals surface area contributed by atoms with Gasteiger partial charge in [-0.25, -0.2) is 4.39 Å². The number of carbonyl (C=O) groups is 1. The third-order valence-electron chi connectivity index (χ3n) is 2.46. The number of carbonyl (C=O) groups excluding carboxylic acids is 1. The lowest BCUT2D eigenvalue weighted by Crippen LogP contribution is -2.37. The lowest BCUT2D eigenvalue weighted by atomic mass is 10.1. The molecule has 0 aliphatic heterocycles. The van der Waals surface area contributed by atoms with Crippen LogP contribution in [0.5, 0.6) is 0 Å². The molecule has 0 saturated heterocycles. The van der Waals surface area contributed by atoms with Crippen LogP contribution in [0.15, 0.2) is 18.5 Å². The van der Waals surface area contributed by atoms with Crippen LogP contribution in [0.1, 0.15) is 38.1 Å². The summed E-state index contributed by atoms with van der Waals surface area (Å²) >= 11 is 0. The Morgan fingerprint density at radius 1 is 1.28 bits per heavy atom. The maximum absolute atomic E-state index is 13.6. The van der Waals surface area contributed by atoms with Gasteiger partial charge in [-0.15, -0.1) is 0 Å². The fourth-order valence-electron chi connectivity index (χ4n) is 1.84. The Kier molecular flexibility index (Phi) is 5.25. The molecule has 18 heavy (non-hydrogen) atoms. The molecule has 0 aliphatic rings. The Hall–Kier alpha value is -1.45. The predicted octanol–water partition coefficient (Wildman–Crippen LogP) is 2.97. The molecule has 0 atom stereocenters. The highest BCUT2D eigenvalue weighted by Gasteiger charge is 2.20. The molecule has 3 nitrogen and oxygen atoms in total. The molecular formula is C14H21FN2O. The van der Waals surface area contributed by atoms with E-state index in [0.29, 0.717) is 24.9 Å². The molecule has 1 aromatic heterocycles. The van der Waals surface area contributed by atoms with Gasteiger partial charge in [-0.3, -0.25) is 9.78 Å². The lowest BCUT2D eigenvalue weighted by Gasteiger charge is -2.26. The summed E-state index contributed by atoms with van der Waals surface area (Å²) in [5, 5.41) is 0. The molecule has 0 N–H and O–H groups in total. The van der Waals surface area contributed by atoms with Crippen molar-refractivity contribution in [2.75, 3.05) is 13.1 Å². The Labute approximate surface area is 108 Å². The van der Waals surface area contributed by atoms with Crippen molar-refractivity contribution in [1.29, 1.82) is 0 Å². The number of hydrogen-bond donors (Lipinski definition) is 0. The number of hydrogen-bond acceptors (Lipinski definition) is 2. The standard InChI is InChI=1S/C14H21FN2O/c1-10(2)8-17(9-11(3)4)14(18)12-5-6-16-7-13(12)15/h5-7,10-11H,8-9H2,1-4H3. The van der Waals surface area contributed by atoms with E-state index < -0.39 is 5.82 Å². The van der Waals surface area contributed by atoms with Crippen LogP contribution in [0.25, 0.3) is 0 Å². The average molecular weight is 252 g/mol. The van der Waals surface area contributed by atoms with E-state index in [2.05, 4.69) is 4.98 Å². The van der Waals surface area contributed by atoms with E-state index in [1.165, 1.54) is 12.3 Å². The van der Waals surface area contributed by atoms with Crippen LogP contribution in [-0.2, 0) is 0 Å². The number of nitrogens with zero attached hydrogens (tertiary/aromatic N) is 2. The van der Waals surface area contributed by atoms with Crippen LogP contribution in [0.2, 0.25) is 0 Å². The molecule has 0 aromatic carbocycles. The lowest BCUT2D eigenvalue weighted by molar-refractivity contribution is 0.0710. The smallest absolute Gasteiger partial charge is 0.256 e. The van der Waals surface area contributed by atoms with E-state index in [0.717, 1.165) is 6.20 Å². The molecule has 1 amide bonds. The molecule has 0 radical (unpaired) electrons. The van der Waals surface area contributed by atoms with E-state index in [4.69, 9.17) is 0 Å². The largest absolute Gasteiger partial charge is 0.338 e. The fourth-order valence-corrected chi connectivity index (χ4v) is 1.84. The van der Waals surface area contributed by atoms with E-state index in [9.17, 15) is 9.18 Å². The zero-order chi connectivity index (χ0) is 13.7. The van der Waals surface area contributed by atoms with Crippen molar-refractivity contribution in [2.45, 2.75) is 27.7 Å². The van der Waals surface area contributed by atoms with Crippen LogP contribution in [0, 0.1) is 17.7 Å². The average Bonchev–Trinajstić information content (AvgIpc) is 2.26. The molecule has 0 aliphatic carbocycles. The van der Waals surface area contributed by atoms with Crippen LogP contribution >= 0.6 is 0 Å². The molecule has 0 unspecified atom stereocenters. The molecule has 1 heterocycles. The van der Waals surface area contributed by atoms with Gasteiger partial charge >= 0.3 is 0 Å². The van der Waals surface area contributed by atoms with E-state index in [-0.39, 0.29) is 11.5 Å². The first-order valence-corrected chi connectivity index (χ1v) is 6.30. The van der Waals surface area contributed by atoms with Gasteiger partial charge in [0, 0.05) is 19.3 Å². The summed E-state index contributed by atoms with van der Waals surface area (Å²) < 4.78 is 13.6. The molecule has 100 valence electrons. The Morgan fingerprint density at radius 3 is 2.28 bits per heavy atom. The van der Waals surface area contributed by atoms with E-state index in [1.54, 1.807) is 4.90 Å². The first-order valence-electron chi connectivity index (χ1n) is 6.30. The minimum absolute atomic E-state index is 0.103. The van der Waals surface area contributed by atoms with Gasteiger partial charge < -0.3 is 4.90 Å². The van der Waals surface area contributed by atoms with Gasteiger partial charge in [0.15, 0.2) is 5.82 Å². The summed E-state index contributed by atoms with van der Waals surface area (Å²) in [7, 11) is 0. The van der Waals surface area contributed by atoms with Crippen molar-refractivity contribution in [1.82, 2.24) is 9.88 Å². The highest BCUT2D eigenvalue weighted by atomic mass is 19.1. The summed E-state index contributed by atoms with van der Waals surface area (Å²) in [4.78, 5) is 17.7. The zero-order valence-electron chi connectivity index (χ0n) is 11.5. The Morgan fingerprint density at radius 2 is 1.83 bits per heavy atom. The summed E-state index contributed by atoms with van der Waals surface area (Å²) in [6.45, 7) is 9.46. The van der Waals surface area contributed by atoms with Crippen molar-refractivity contribution in [3.05, 3.63) is 29.8 Å². The van der Waals surface area contributed by atoms with Crippen molar-refractivity contribution < 1.29 is 9.18 Å². The minimum Gasteiger partial charge on any atom is -0.338 e. The summed E-state index contributed by atoms with van der Waals surface area (Å²) in [6, 6.07) is 1.44. The summed E-state index contributed by atoms with van der Waals surface area (Å²) in [5.41, 5.74) is 0.103. The van der Waals surface area contributed by atoms with Crippen LogP contribution < -0.4 is 0 Å². The van der Waals surface area contributed by atoms with Gasteiger partial charge in [-0.2, -0.15) is 0 Å². The third kappa shape index (κ3) is 4.09. The summed E-state index contributed by atoms with van der Waals surface area (Å²) in [5.74, 6) is -0.0903. The zero-order valence-corrected chi connectivity index (χ0v) is 11.5. The first-order chi connectivity index (χ1) is 8.41. The maximum Gasteiger partial charge on any atom is 0.256 e. The Bertz CT molecular complexity index is 395. The van der Waals surface area contributed by atoms with Gasteiger partial charge in [0.25, 0.3) is 5.91 Å². The van der Waals surface area contributed by atoms with Crippen molar-refractivity contribution >= 4 is 5.91 Å². The van der Waals surface area contributed by atoms with Crippen molar-refractivity contribution in [2.24, 2.45) is 11.8 Å². The molecule has 1 aromatic rings. The molecule has 0 spiro atoms. The van der Waals surface area contributed by atoms with Crippen LogP contribution in [0.4, 0.5) is 4.39 Å². The third-order valence-corrected chi connectivity index (χ3v) is 2.46.